The molecule has 3 unspecified atom stereocenters. The molecule has 1 saturated heterocycles. The number of nitrogens with zero attached hydrogens (tertiary/aromatic N) is 2. The van der Waals surface area contributed by atoms with Gasteiger partial charge in [0.25, 0.3) is 0 Å². The number of thioether (sulfide) groups is 1. The van der Waals surface area contributed by atoms with E-state index in [1.165, 1.54) is 0 Å². The van der Waals surface area contributed by atoms with Gasteiger partial charge in [0.2, 0.25) is 0 Å². The largest absolute Gasteiger partial charge is 0.507 e. The average Bonchev–Trinajstić information content (AvgIpc) is 3.05. The van der Waals surface area contributed by atoms with Gasteiger partial charge in [-0.25, -0.2) is 0 Å². The molecule has 0 bridgehead atoms. The smallest absolute Gasteiger partial charge is 0.320 e. The van der Waals surface area contributed by atoms with E-state index in [9.17, 15) is 15.0 Å². The predicted octanol–water partition coefficient (Wildman–Crippen LogP) is 1.80. The van der Waals surface area contributed by atoms with Gasteiger partial charge in [0.05, 0.1) is 6.04 Å². The van der Waals surface area contributed by atoms with Crippen molar-refractivity contribution in [3.05, 3.63) is 29.8 Å². The Morgan fingerprint density at radius 3 is 2.81 bits per heavy atom. The van der Waals surface area contributed by atoms with Gasteiger partial charge in [-0.2, -0.15) is 0 Å². The summed E-state index contributed by atoms with van der Waals surface area (Å²) in [6, 6.07) is 7.06. The molecule has 1 aromatic carbocycles. The number of aromatic hydroxyl groups is 1. The van der Waals surface area contributed by atoms with Crippen molar-refractivity contribution in [1.82, 2.24) is 4.90 Å². The Kier molecular flexibility index (Phi) is 3.91. The van der Waals surface area contributed by atoms with Crippen LogP contribution >= 0.6 is 11.8 Å². The zero-order valence-corrected chi connectivity index (χ0v) is 12.6. The van der Waals surface area contributed by atoms with Crippen LogP contribution in [0, 0.1) is 0 Å². The molecule has 5 nitrogen and oxygen atoms in total. The monoisotopic (exact) mass is 306 g/mol. The Hall–Kier alpha value is -1.53. The van der Waals surface area contributed by atoms with Crippen LogP contribution in [0.25, 0.3) is 0 Å². The molecule has 0 amide bonds. The number of aliphatic imine (C=N–C) groups is 1. The lowest BCUT2D eigenvalue weighted by atomic mass is 10.1. The molecule has 1 fully saturated rings. The number of phenols is 1. The minimum atomic E-state index is -0.754. The minimum absolute atomic E-state index is 0.0963. The molecule has 2 N–H and O–H groups in total. The summed E-state index contributed by atoms with van der Waals surface area (Å²) in [5, 5.41) is 20.0. The van der Waals surface area contributed by atoms with Gasteiger partial charge in [0.15, 0.2) is 0 Å². The molecule has 21 heavy (non-hydrogen) atoms. The van der Waals surface area contributed by atoms with Gasteiger partial charge in [-0.3, -0.25) is 14.7 Å². The van der Waals surface area contributed by atoms with Gasteiger partial charge in [-0.1, -0.05) is 12.1 Å². The summed E-state index contributed by atoms with van der Waals surface area (Å²) >= 11 is 1.63. The van der Waals surface area contributed by atoms with Crippen LogP contribution in [0.2, 0.25) is 0 Å². The second kappa shape index (κ2) is 5.69. The summed E-state index contributed by atoms with van der Waals surface area (Å²) in [6.45, 7) is 0. The van der Waals surface area contributed by atoms with Crippen LogP contribution in [0.4, 0.5) is 0 Å². The van der Waals surface area contributed by atoms with Crippen molar-refractivity contribution >= 4 is 22.8 Å². The fraction of sp³-hybridized carbons (Fsp3) is 0.467. The summed E-state index contributed by atoms with van der Waals surface area (Å²) < 4.78 is 0. The third-order valence-electron chi connectivity index (χ3n) is 4.29. The molecule has 1 aromatic rings. The van der Waals surface area contributed by atoms with Crippen molar-refractivity contribution in [2.24, 2.45) is 4.99 Å². The second-order valence-electron chi connectivity index (χ2n) is 5.49. The highest BCUT2D eigenvalue weighted by Gasteiger charge is 2.40. The molecule has 2 aliphatic rings. The molecular weight excluding hydrogens is 288 g/mol. The maximum Gasteiger partial charge on any atom is 0.320 e. The maximum absolute atomic E-state index is 11.2. The van der Waals surface area contributed by atoms with E-state index in [4.69, 9.17) is 4.99 Å². The maximum atomic E-state index is 11.2. The first kappa shape index (κ1) is 14.4. The van der Waals surface area contributed by atoms with Gasteiger partial charge in [-0.15, -0.1) is 11.8 Å². The van der Waals surface area contributed by atoms with E-state index < -0.39 is 12.0 Å². The molecule has 3 rings (SSSR count). The first-order chi connectivity index (χ1) is 10.1. The zero-order valence-electron chi connectivity index (χ0n) is 11.8. The summed E-state index contributed by atoms with van der Waals surface area (Å²) in [4.78, 5) is 17.9. The van der Waals surface area contributed by atoms with Crippen LogP contribution in [0.1, 0.15) is 18.4 Å². The Morgan fingerprint density at radius 1 is 1.38 bits per heavy atom. The van der Waals surface area contributed by atoms with Crippen LogP contribution in [-0.4, -0.2) is 57.1 Å². The van der Waals surface area contributed by atoms with Crippen molar-refractivity contribution in [1.29, 1.82) is 0 Å². The highest BCUT2D eigenvalue weighted by molar-refractivity contribution is 8.14. The molecule has 0 saturated carbocycles. The van der Waals surface area contributed by atoms with Crippen molar-refractivity contribution in [2.75, 3.05) is 12.8 Å². The fourth-order valence-corrected chi connectivity index (χ4v) is 4.28. The molecule has 112 valence electrons. The number of para-hydroxylation sites is 1. The normalized spacial score (nSPS) is 29.6. The van der Waals surface area contributed by atoms with Crippen molar-refractivity contribution in [2.45, 2.75) is 31.0 Å². The van der Waals surface area contributed by atoms with E-state index in [-0.39, 0.29) is 17.8 Å². The number of carbonyl (C=O) groups is 1. The van der Waals surface area contributed by atoms with Gasteiger partial charge >= 0.3 is 5.97 Å². The Bertz CT molecular complexity index is 590. The molecule has 3 atom stereocenters. The number of hydrogen-bond donors (Lipinski definition) is 2. The lowest BCUT2D eigenvalue weighted by molar-refractivity contribution is -0.142. The van der Waals surface area contributed by atoms with E-state index in [2.05, 4.69) is 0 Å². The standard InChI is InChI=1S/C15H18N2O3S/c1-17-11(6-7-12(17)15(19)20)10-8-21-14(16-10)9-4-2-3-5-13(9)18/h2-5,10-12,18H,6-8H2,1H3,(H,19,20). The molecular formula is C15H18N2O3S. The zero-order chi connectivity index (χ0) is 15.0. The summed E-state index contributed by atoms with van der Waals surface area (Å²) in [5.41, 5.74) is 0.764. The van der Waals surface area contributed by atoms with E-state index in [1.54, 1.807) is 23.9 Å². The molecule has 0 radical (unpaired) electrons. The van der Waals surface area contributed by atoms with Crippen molar-refractivity contribution in [3.8, 4) is 5.75 Å². The number of rotatable bonds is 3. The van der Waals surface area contributed by atoms with Gasteiger partial charge in [0.1, 0.15) is 16.8 Å². The number of hydrogen-bond acceptors (Lipinski definition) is 5. The Balaban J connectivity index is 1.78. The second-order valence-corrected chi connectivity index (χ2v) is 6.50. The SMILES string of the molecule is CN1C(C(=O)O)CCC1C1CSC(c2ccccc2O)=N1. The number of aliphatic carboxylic acids is 1. The lowest BCUT2D eigenvalue weighted by Crippen LogP contribution is -2.42. The molecule has 2 heterocycles. The first-order valence-electron chi connectivity index (χ1n) is 7.01. The van der Waals surface area contributed by atoms with E-state index >= 15 is 0 Å². The summed E-state index contributed by atoms with van der Waals surface area (Å²) in [5.74, 6) is 0.327. The third kappa shape index (κ3) is 2.65. The number of benzene rings is 1. The average molecular weight is 306 g/mol. The van der Waals surface area contributed by atoms with Crippen LogP contribution < -0.4 is 0 Å². The van der Waals surface area contributed by atoms with Crippen molar-refractivity contribution in [3.63, 3.8) is 0 Å². The molecule has 0 aromatic heterocycles. The topological polar surface area (TPSA) is 73.1 Å². The van der Waals surface area contributed by atoms with Crippen molar-refractivity contribution < 1.29 is 15.0 Å². The summed E-state index contributed by atoms with van der Waals surface area (Å²) in [7, 11) is 1.87. The predicted molar refractivity (Wildman–Crippen MR) is 83.1 cm³/mol. The number of carboxylic acids is 1. The Morgan fingerprint density at radius 2 is 2.14 bits per heavy atom. The van der Waals surface area contributed by atoms with Gasteiger partial charge in [0, 0.05) is 17.4 Å². The number of carboxylic acid groups (broad SMARTS) is 1. The van der Waals surface area contributed by atoms with E-state index in [0.29, 0.717) is 6.42 Å². The summed E-state index contributed by atoms with van der Waals surface area (Å²) in [6.07, 6.45) is 1.54. The molecule has 0 spiro atoms. The quantitative estimate of drug-likeness (QED) is 0.891. The lowest BCUT2D eigenvalue weighted by Gasteiger charge is -2.26. The first-order valence-corrected chi connectivity index (χ1v) is 8.00. The minimum Gasteiger partial charge on any atom is -0.507 e. The molecule has 0 aliphatic carbocycles. The van der Waals surface area contributed by atoms with Crippen LogP contribution in [-0.2, 0) is 4.79 Å². The van der Waals surface area contributed by atoms with Gasteiger partial charge in [-0.05, 0) is 32.0 Å². The van der Waals surface area contributed by atoms with Crippen LogP contribution in [0.15, 0.2) is 29.3 Å². The van der Waals surface area contributed by atoms with Gasteiger partial charge < -0.3 is 10.2 Å². The molecule has 2 aliphatic heterocycles. The Labute approximate surface area is 127 Å². The number of phenolic OH excluding ortho intramolecular Hbond substituents is 1. The van der Waals surface area contributed by atoms with Crippen LogP contribution in [0.3, 0.4) is 0 Å². The van der Waals surface area contributed by atoms with E-state index in [1.807, 2.05) is 24.1 Å². The molecule has 6 heteroatoms. The number of likely N-dealkylation sites (N-methyl/N-ethyl adjacent to an activating group) is 1. The highest BCUT2D eigenvalue weighted by atomic mass is 32.2. The fourth-order valence-electron chi connectivity index (χ4n) is 3.12. The van der Waals surface area contributed by atoms with E-state index in [0.717, 1.165) is 22.8 Å². The number of likely N-dealkylation sites (tertiary alicyclic amines) is 1. The third-order valence-corrected chi connectivity index (χ3v) is 5.40. The van der Waals surface area contributed by atoms with Crippen LogP contribution in [0.5, 0.6) is 5.75 Å². The highest BCUT2D eigenvalue weighted by Crippen LogP contribution is 2.34.